The van der Waals surface area contributed by atoms with E-state index in [2.05, 4.69) is 20.8 Å². The van der Waals surface area contributed by atoms with Gasteiger partial charge >= 0.3 is 0 Å². The number of nitrogens with zero attached hydrogens (tertiary/aromatic N) is 2. The van der Waals surface area contributed by atoms with Gasteiger partial charge < -0.3 is 19.1 Å². The summed E-state index contributed by atoms with van der Waals surface area (Å²) in [7, 11) is 3.33. The summed E-state index contributed by atoms with van der Waals surface area (Å²) < 4.78 is 17.3. The summed E-state index contributed by atoms with van der Waals surface area (Å²) in [6, 6.07) is 13.4. The van der Waals surface area contributed by atoms with Crippen LogP contribution < -0.4 is 14.2 Å². The number of halogens is 1. The maximum atomic E-state index is 12.5. The molecule has 0 unspecified atom stereocenters. The lowest BCUT2D eigenvalue weighted by Gasteiger charge is -2.35. The van der Waals surface area contributed by atoms with Crippen molar-refractivity contribution in [3.8, 4) is 17.2 Å². The molecule has 1 fully saturated rings. The minimum Gasteiger partial charge on any atom is -0.497 e. The quantitative estimate of drug-likeness (QED) is 0.650. The molecule has 0 atom stereocenters. The second-order valence-corrected chi connectivity index (χ2v) is 7.41. The Labute approximate surface area is 174 Å². The van der Waals surface area contributed by atoms with Gasteiger partial charge in [0.05, 0.1) is 18.7 Å². The highest BCUT2D eigenvalue weighted by Crippen LogP contribution is 2.26. The summed E-state index contributed by atoms with van der Waals surface area (Å²) >= 11 is 3.43. The third-order valence-electron chi connectivity index (χ3n) is 4.79. The maximum Gasteiger partial charge on any atom is 0.260 e. The number of piperazine rings is 1. The first-order chi connectivity index (χ1) is 13.6. The number of carbonyl (C=O) groups is 1. The normalized spacial score (nSPS) is 14.6. The molecule has 0 aromatic heterocycles. The summed E-state index contributed by atoms with van der Waals surface area (Å²) in [6.07, 6.45) is 0. The van der Waals surface area contributed by atoms with Crippen molar-refractivity contribution in [3.63, 3.8) is 0 Å². The minimum absolute atomic E-state index is 0.00867. The van der Waals surface area contributed by atoms with Crippen molar-refractivity contribution in [2.45, 2.75) is 6.54 Å². The largest absolute Gasteiger partial charge is 0.497 e. The monoisotopic (exact) mass is 448 g/mol. The summed E-state index contributed by atoms with van der Waals surface area (Å²) in [5.74, 6) is 2.35. The van der Waals surface area contributed by atoms with Gasteiger partial charge in [0.25, 0.3) is 5.91 Å². The van der Waals surface area contributed by atoms with Gasteiger partial charge in [-0.2, -0.15) is 0 Å². The van der Waals surface area contributed by atoms with Crippen LogP contribution in [0.4, 0.5) is 0 Å². The van der Waals surface area contributed by atoms with Crippen molar-refractivity contribution in [1.82, 2.24) is 9.80 Å². The van der Waals surface area contributed by atoms with Crippen LogP contribution >= 0.6 is 15.9 Å². The molecule has 150 valence electrons. The maximum absolute atomic E-state index is 12.5. The van der Waals surface area contributed by atoms with Gasteiger partial charge in [-0.3, -0.25) is 9.69 Å². The topological polar surface area (TPSA) is 51.2 Å². The molecular weight excluding hydrogens is 424 g/mol. The number of benzene rings is 2. The van der Waals surface area contributed by atoms with Crippen molar-refractivity contribution in [2.75, 3.05) is 47.0 Å². The third-order valence-corrected chi connectivity index (χ3v) is 5.45. The van der Waals surface area contributed by atoms with Crippen molar-refractivity contribution < 1.29 is 19.0 Å². The van der Waals surface area contributed by atoms with Gasteiger partial charge in [-0.15, -0.1) is 0 Å². The smallest absolute Gasteiger partial charge is 0.260 e. The number of hydrogen-bond acceptors (Lipinski definition) is 5. The summed E-state index contributed by atoms with van der Waals surface area (Å²) in [5, 5.41) is 0. The molecule has 1 aliphatic rings. The zero-order valence-electron chi connectivity index (χ0n) is 16.2. The molecule has 0 spiro atoms. The van der Waals surface area contributed by atoms with E-state index in [1.807, 2.05) is 47.4 Å². The van der Waals surface area contributed by atoms with E-state index < -0.39 is 0 Å². The number of rotatable bonds is 7. The predicted molar refractivity (Wildman–Crippen MR) is 111 cm³/mol. The minimum atomic E-state index is 0.00867. The fourth-order valence-corrected chi connectivity index (χ4v) is 3.59. The molecule has 0 N–H and O–H groups in total. The second-order valence-electron chi connectivity index (χ2n) is 6.55. The molecule has 6 nitrogen and oxygen atoms in total. The Kier molecular flexibility index (Phi) is 7.17. The molecule has 7 heteroatoms. The lowest BCUT2D eigenvalue weighted by atomic mass is 10.1. The van der Waals surface area contributed by atoms with Gasteiger partial charge in [-0.05, 0) is 46.3 Å². The molecule has 28 heavy (non-hydrogen) atoms. The van der Waals surface area contributed by atoms with Crippen molar-refractivity contribution in [1.29, 1.82) is 0 Å². The predicted octanol–water partition coefficient (Wildman–Crippen LogP) is 3.19. The fourth-order valence-electron chi connectivity index (χ4n) is 3.19. The van der Waals surface area contributed by atoms with E-state index in [9.17, 15) is 4.79 Å². The number of ether oxygens (including phenoxy) is 3. The Morgan fingerprint density at radius 2 is 1.75 bits per heavy atom. The lowest BCUT2D eigenvalue weighted by molar-refractivity contribution is -0.135. The van der Waals surface area contributed by atoms with Crippen LogP contribution in [-0.4, -0.2) is 62.7 Å². The van der Waals surface area contributed by atoms with Crippen LogP contribution in [0.3, 0.4) is 0 Å². The van der Waals surface area contributed by atoms with Crippen LogP contribution in [0.25, 0.3) is 0 Å². The van der Waals surface area contributed by atoms with Gasteiger partial charge in [0.2, 0.25) is 0 Å². The first kappa shape index (κ1) is 20.5. The summed E-state index contributed by atoms with van der Waals surface area (Å²) in [6.45, 7) is 3.79. The molecular formula is C21H25BrN2O4. The number of carbonyl (C=O) groups excluding carboxylic acids is 1. The van der Waals surface area contributed by atoms with E-state index in [0.29, 0.717) is 18.8 Å². The fraction of sp³-hybridized carbons (Fsp3) is 0.381. The number of hydrogen-bond donors (Lipinski definition) is 0. The van der Waals surface area contributed by atoms with Crippen LogP contribution in [0, 0.1) is 0 Å². The molecule has 1 heterocycles. The van der Waals surface area contributed by atoms with Crippen LogP contribution in [0.2, 0.25) is 0 Å². The van der Waals surface area contributed by atoms with Crippen LogP contribution in [0.1, 0.15) is 5.56 Å². The zero-order chi connectivity index (χ0) is 19.9. The van der Waals surface area contributed by atoms with E-state index >= 15 is 0 Å². The second kappa shape index (κ2) is 9.80. The first-order valence-electron chi connectivity index (χ1n) is 9.19. The van der Waals surface area contributed by atoms with E-state index in [1.165, 1.54) is 0 Å². The number of amides is 1. The average molecular weight is 449 g/mol. The van der Waals surface area contributed by atoms with Gasteiger partial charge in [-0.25, -0.2) is 0 Å². The first-order valence-corrected chi connectivity index (χ1v) is 9.98. The van der Waals surface area contributed by atoms with Crippen LogP contribution in [-0.2, 0) is 11.3 Å². The Balaban J connectivity index is 1.50. The van der Waals surface area contributed by atoms with E-state index in [0.717, 1.165) is 41.2 Å². The molecule has 0 aliphatic carbocycles. The summed E-state index contributed by atoms with van der Waals surface area (Å²) in [5.41, 5.74) is 1.08. The van der Waals surface area contributed by atoms with Crippen LogP contribution in [0.5, 0.6) is 17.2 Å². The highest BCUT2D eigenvalue weighted by atomic mass is 79.9. The Morgan fingerprint density at radius 3 is 2.43 bits per heavy atom. The van der Waals surface area contributed by atoms with Gasteiger partial charge in [0.15, 0.2) is 6.61 Å². The molecule has 2 aromatic carbocycles. The zero-order valence-corrected chi connectivity index (χ0v) is 17.8. The molecule has 1 aliphatic heterocycles. The van der Waals surface area contributed by atoms with Gasteiger partial charge in [-0.1, -0.05) is 12.1 Å². The number of methoxy groups -OCH3 is 2. The summed E-state index contributed by atoms with van der Waals surface area (Å²) in [4.78, 5) is 16.6. The van der Waals surface area contributed by atoms with Gasteiger partial charge in [0.1, 0.15) is 17.2 Å². The Bertz CT molecular complexity index is 807. The van der Waals surface area contributed by atoms with Crippen LogP contribution in [0.15, 0.2) is 46.9 Å². The molecule has 1 saturated heterocycles. The Morgan fingerprint density at radius 1 is 1.00 bits per heavy atom. The van der Waals surface area contributed by atoms with Crippen molar-refractivity contribution in [3.05, 3.63) is 52.5 Å². The van der Waals surface area contributed by atoms with Gasteiger partial charge in [0, 0.05) is 38.3 Å². The molecule has 0 radical (unpaired) electrons. The molecule has 1 amide bonds. The SMILES string of the molecule is COc1ccc(OC)c(CN2CCN(C(=O)COc3ccccc3Br)CC2)c1. The van der Waals surface area contributed by atoms with E-state index in [-0.39, 0.29) is 12.5 Å². The Hall–Kier alpha value is -2.25. The number of para-hydroxylation sites is 1. The highest BCUT2D eigenvalue weighted by molar-refractivity contribution is 9.10. The molecule has 0 saturated carbocycles. The average Bonchev–Trinajstić information content (AvgIpc) is 2.73. The molecule has 2 aromatic rings. The molecule has 0 bridgehead atoms. The lowest BCUT2D eigenvalue weighted by Crippen LogP contribution is -2.49. The van der Waals surface area contributed by atoms with Crippen molar-refractivity contribution in [2.24, 2.45) is 0 Å². The third kappa shape index (κ3) is 5.17. The standard InChI is InChI=1S/C21H25BrN2O4/c1-26-17-7-8-19(27-2)16(13-17)14-23-9-11-24(12-10-23)21(25)15-28-20-6-4-3-5-18(20)22/h3-8,13H,9-12,14-15H2,1-2H3. The van der Waals surface area contributed by atoms with E-state index in [1.54, 1.807) is 14.2 Å². The van der Waals surface area contributed by atoms with E-state index in [4.69, 9.17) is 14.2 Å². The van der Waals surface area contributed by atoms with Crippen molar-refractivity contribution >= 4 is 21.8 Å². The highest BCUT2D eigenvalue weighted by Gasteiger charge is 2.22. The molecule has 3 rings (SSSR count).